The zero-order valence-electron chi connectivity index (χ0n) is 10.2. The zero-order valence-corrected chi connectivity index (χ0v) is 12.5. The highest BCUT2D eigenvalue weighted by molar-refractivity contribution is 7.99. The monoisotopic (exact) mass is 332 g/mol. The molecular formula is C12H10Cl2N2O3S. The molecule has 0 bridgehead atoms. The van der Waals surface area contributed by atoms with E-state index in [0.717, 1.165) is 6.07 Å². The van der Waals surface area contributed by atoms with Crippen molar-refractivity contribution in [1.82, 2.24) is 5.32 Å². The number of nitrogens with zero attached hydrogens (tertiary/aromatic N) is 1. The summed E-state index contributed by atoms with van der Waals surface area (Å²) in [6.45, 7) is 0.402. The van der Waals surface area contributed by atoms with E-state index in [-0.39, 0.29) is 15.6 Å². The van der Waals surface area contributed by atoms with E-state index in [0.29, 0.717) is 18.1 Å². The minimum absolute atomic E-state index is 0.0345. The van der Waals surface area contributed by atoms with Gasteiger partial charge in [0.2, 0.25) is 0 Å². The fourth-order valence-electron chi connectivity index (χ4n) is 1.31. The van der Waals surface area contributed by atoms with Crippen LogP contribution < -0.4 is 5.32 Å². The SMILES string of the molecule is C#CCSCCNC(=O)c1cc(Cl)c(Cl)c([N+](=O)[O-])c1. The van der Waals surface area contributed by atoms with Crippen molar-refractivity contribution in [3.63, 3.8) is 0 Å². The Morgan fingerprint density at radius 2 is 2.20 bits per heavy atom. The average Bonchev–Trinajstić information content (AvgIpc) is 2.40. The van der Waals surface area contributed by atoms with E-state index in [1.54, 1.807) is 0 Å². The van der Waals surface area contributed by atoms with Crippen LogP contribution in [-0.2, 0) is 0 Å². The number of amides is 1. The van der Waals surface area contributed by atoms with E-state index < -0.39 is 16.5 Å². The largest absolute Gasteiger partial charge is 0.351 e. The molecule has 1 amide bonds. The number of nitrogens with one attached hydrogen (secondary N) is 1. The van der Waals surface area contributed by atoms with Gasteiger partial charge in [0.25, 0.3) is 11.6 Å². The van der Waals surface area contributed by atoms with Crippen molar-refractivity contribution < 1.29 is 9.72 Å². The second-order valence-electron chi connectivity index (χ2n) is 3.56. The predicted molar refractivity (Wildman–Crippen MR) is 81.6 cm³/mol. The van der Waals surface area contributed by atoms with Crippen molar-refractivity contribution in [2.75, 3.05) is 18.1 Å². The average molecular weight is 333 g/mol. The Balaban J connectivity index is 2.74. The summed E-state index contributed by atoms with van der Waals surface area (Å²) >= 11 is 13.0. The first-order chi connectivity index (χ1) is 9.47. The maximum Gasteiger partial charge on any atom is 0.290 e. The summed E-state index contributed by atoms with van der Waals surface area (Å²) in [4.78, 5) is 21.9. The molecule has 0 spiro atoms. The lowest BCUT2D eigenvalue weighted by atomic mass is 10.2. The minimum atomic E-state index is -0.687. The number of thioether (sulfide) groups is 1. The molecule has 0 aliphatic carbocycles. The molecule has 1 N–H and O–H groups in total. The Kier molecular flexibility index (Phi) is 6.65. The van der Waals surface area contributed by atoms with Gasteiger partial charge in [-0.05, 0) is 6.07 Å². The molecule has 0 atom stereocenters. The van der Waals surface area contributed by atoms with Crippen LogP contribution in [0, 0.1) is 22.5 Å². The molecule has 0 unspecified atom stereocenters. The number of hydrogen-bond donors (Lipinski definition) is 1. The molecule has 5 nitrogen and oxygen atoms in total. The molecule has 0 aromatic heterocycles. The molecule has 1 aromatic carbocycles. The third-order valence-electron chi connectivity index (χ3n) is 2.19. The number of nitro groups is 1. The highest BCUT2D eigenvalue weighted by Crippen LogP contribution is 2.32. The number of terminal acetylenes is 1. The van der Waals surface area contributed by atoms with Gasteiger partial charge in [0.1, 0.15) is 5.02 Å². The minimum Gasteiger partial charge on any atom is -0.351 e. The number of halogens is 2. The highest BCUT2D eigenvalue weighted by atomic mass is 35.5. The van der Waals surface area contributed by atoms with Crippen LogP contribution >= 0.6 is 35.0 Å². The summed E-state index contributed by atoms with van der Waals surface area (Å²) in [6, 6.07) is 2.39. The van der Waals surface area contributed by atoms with E-state index in [1.165, 1.54) is 17.8 Å². The van der Waals surface area contributed by atoms with Crippen LogP contribution in [-0.4, -0.2) is 28.9 Å². The van der Waals surface area contributed by atoms with Gasteiger partial charge in [-0.3, -0.25) is 14.9 Å². The summed E-state index contributed by atoms with van der Waals surface area (Å²) in [6.07, 6.45) is 5.09. The van der Waals surface area contributed by atoms with E-state index in [2.05, 4.69) is 11.2 Å². The third kappa shape index (κ3) is 4.60. The maximum absolute atomic E-state index is 11.8. The molecule has 0 radical (unpaired) electrons. The van der Waals surface area contributed by atoms with E-state index >= 15 is 0 Å². The molecule has 0 fully saturated rings. The molecule has 1 aromatic rings. The van der Waals surface area contributed by atoms with Gasteiger partial charge < -0.3 is 5.32 Å². The van der Waals surface area contributed by atoms with Crippen molar-refractivity contribution in [2.45, 2.75) is 0 Å². The molecule has 0 saturated heterocycles. The molecule has 0 heterocycles. The molecule has 0 saturated carbocycles. The predicted octanol–water partition coefficient (Wildman–Crippen LogP) is 3.00. The number of benzene rings is 1. The lowest BCUT2D eigenvalue weighted by Crippen LogP contribution is -2.25. The van der Waals surface area contributed by atoms with Crippen LogP contribution in [0.4, 0.5) is 5.69 Å². The van der Waals surface area contributed by atoms with Crippen molar-refractivity contribution in [3.8, 4) is 12.3 Å². The van der Waals surface area contributed by atoms with E-state index in [9.17, 15) is 14.9 Å². The Morgan fingerprint density at radius 1 is 1.50 bits per heavy atom. The van der Waals surface area contributed by atoms with Crippen LogP contribution in [0.2, 0.25) is 10.0 Å². The second kappa shape index (κ2) is 8.00. The van der Waals surface area contributed by atoms with Gasteiger partial charge in [-0.25, -0.2) is 0 Å². The lowest BCUT2D eigenvalue weighted by Gasteiger charge is -2.06. The molecule has 20 heavy (non-hydrogen) atoms. The fourth-order valence-corrected chi connectivity index (χ4v) is 2.21. The quantitative estimate of drug-likeness (QED) is 0.376. The Bertz CT molecular complexity index is 573. The maximum atomic E-state index is 11.8. The highest BCUT2D eigenvalue weighted by Gasteiger charge is 2.19. The number of rotatable bonds is 6. The van der Waals surface area contributed by atoms with Gasteiger partial charge in [0.05, 0.1) is 15.7 Å². The Labute approximate surface area is 130 Å². The van der Waals surface area contributed by atoms with Gasteiger partial charge in [0, 0.05) is 23.9 Å². The molecule has 8 heteroatoms. The van der Waals surface area contributed by atoms with Crippen LogP contribution in [0.1, 0.15) is 10.4 Å². The van der Waals surface area contributed by atoms with Gasteiger partial charge in [0.15, 0.2) is 0 Å². The van der Waals surface area contributed by atoms with Gasteiger partial charge in [-0.15, -0.1) is 18.2 Å². The lowest BCUT2D eigenvalue weighted by molar-refractivity contribution is -0.384. The fraction of sp³-hybridized carbons (Fsp3) is 0.250. The Morgan fingerprint density at radius 3 is 2.80 bits per heavy atom. The molecule has 106 valence electrons. The third-order valence-corrected chi connectivity index (χ3v) is 3.84. The summed E-state index contributed by atoms with van der Waals surface area (Å²) in [7, 11) is 0. The zero-order chi connectivity index (χ0) is 15.1. The van der Waals surface area contributed by atoms with Crippen LogP contribution in [0.25, 0.3) is 0 Å². The van der Waals surface area contributed by atoms with E-state index in [4.69, 9.17) is 29.6 Å². The van der Waals surface area contributed by atoms with Gasteiger partial charge in [-0.1, -0.05) is 29.1 Å². The van der Waals surface area contributed by atoms with Crippen molar-refractivity contribution in [1.29, 1.82) is 0 Å². The first-order valence-corrected chi connectivity index (χ1v) is 7.31. The smallest absolute Gasteiger partial charge is 0.290 e. The molecular weight excluding hydrogens is 323 g/mol. The summed E-state index contributed by atoms with van der Waals surface area (Å²) in [5, 5.41) is 13.2. The van der Waals surface area contributed by atoms with Crippen LogP contribution in [0.15, 0.2) is 12.1 Å². The summed E-state index contributed by atoms with van der Waals surface area (Å²) < 4.78 is 0. The van der Waals surface area contributed by atoms with Crippen molar-refractivity contribution in [2.24, 2.45) is 0 Å². The van der Waals surface area contributed by atoms with Crippen molar-refractivity contribution in [3.05, 3.63) is 37.9 Å². The van der Waals surface area contributed by atoms with Gasteiger partial charge >= 0.3 is 0 Å². The topological polar surface area (TPSA) is 72.2 Å². The van der Waals surface area contributed by atoms with Crippen LogP contribution in [0.5, 0.6) is 0 Å². The first-order valence-electron chi connectivity index (χ1n) is 5.40. The van der Waals surface area contributed by atoms with E-state index in [1.807, 2.05) is 0 Å². The second-order valence-corrected chi connectivity index (χ2v) is 5.45. The normalized spacial score (nSPS) is 9.85. The number of carbonyl (C=O) groups is 1. The molecule has 0 aliphatic heterocycles. The van der Waals surface area contributed by atoms with Gasteiger partial charge in [-0.2, -0.15) is 0 Å². The van der Waals surface area contributed by atoms with Crippen molar-refractivity contribution >= 4 is 46.6 Å². The van der Waals surface area contributed by atoms with Crippen LogP contribution in [0.3, 0.4) is 0 Å². The first kappa shape index (κ1) is 16.6. The molecule has 1 rings (SSSR count). The summed E-state index contributed by atoms with van der Waals surface area (Å²) in [5.74, 6) is 3.23. The Hall–Kier alpha value is -1.42. The number of nitro benzene ring substituents is 1. The number of carbonyl (C=O) groups excluding carboxylic acids is 1. The molecule has 0 aliphatic rings. The standard InChI is InChI=1S/C12H10Cl2N2O3S/c1-2-4-20-5-3-15-12(17)8-6-9(13)11(14)10(7-8)16(18)19/h1,6-7H,3-5H2,(H,15,17). The summed E-state index contributed by atoms with van der Waals surface area (Å²) in [5.41, 5.74) is -0.306. The number of hydrogen-bond acceptors (Lipinski definition) is 4.